The van der Waals surface area contributed by atoms with E-state index in [2.05, 4.69) is 38.5 Å². The maximum atomic E-state index is 6.10. The minimum atomic E-state index is 0. The quantitative estimate of drug-likeness (QED) is 0.332. The maximum absolute atomic E-state index is 6.10. The Kier molecular flexibility index (Phi) is 9.20. The van der Waals surface area contributed by atoms with E-state index in [4.69, 9.17) is 9.47 Å². The summed E-state index contributed by atoms with van der Waals surface area (Å²) in [7, 11) is 3.47. The van der Waals surface area contributed by atoms with Gasteiger partial charge in [-0.15, -0.1) is 24.0 Å². The number of methoxy groups -OCH3 is 1. The molecule has 1 aliphatic rings. The van der Waals surface area contributed by atoms with Gasteiger partial charge >= 0.3 is 0 Å². The van der Waals surface area contributed by atoms with Crippen LogP contribution in [0.15, 0.2) is 40.0 Å². The SMILES string of the molecule is CN=C(NCc1ccsc1)NCc1ccc(OC2CCCC2)c(OC)c1.I. The summed E-state index contributed by atoms with van der Waals surface area (Å²) in [5.41, 5.74) is 2.38. The van der Waals surface area contributed by atoms with Gasteiger partial charge in [-0.3, -0.25) is 4.99 Å². The van der Waals surface area contributed by atoms with Gasteiger partial charge in [0.2, 0.25) is 0 Å². The molecule has 148 valence electrons. The predicted molar refractivity (Wildman–Crippen MR) is 123 cm³/mol. The third-order valence-electron chi connectivity index (χ3n) is 4.55. The van der Waals surface area contributed by atoms with Crippen LogP contribution in [0.25, 0.3) is 0 Å². The fourth-order valence-corrected chi connectivity index (χ4v) is 3.76. The van der Waals surface area contributed by atoms with E-state index in [0.29, 0.717) is 12.6 Å². The molecule has 0 bridgehead atoms. The van der Waals surface area contributed by atoms with Crippen LogP contribution >= 0.6 is 35.3 Å². The fourth-order valence-electron chi connectivity index (χ4n) is 3.09. The van der Waals surface area contributed by atoms with Gasteiger partial charge in [0.25, 0.3) is 0 Å². The molecule has 2 aromatic rings. The number of hydrogen-bond donors (Lipinski definition) is 2. The first kappa shape index (κ1) is 21.8. The molecule has 0 amide bonds. The van der Waals surface area contributed by atoms with Gasteiger partial charge in [0.1, 0.15) is 0 Å². The molecule has 1 aromatic carbocycles. The summed E-state index contributed by atoms with van der Waals surface area (Å²) in [6, 6.07) is 8.23. The van der Waals surface area contributed by atoms with E-state index in [9.17, 15) is 0 Å². The number of thiophene rings is 1. The lowest BCUT2D eigenvalue weighted by Gasteiger charge is -2.17. The van der Waals surface area contributed by atoms with Crippen LogP contribution in [0, 0.1) is 0 Å². The number of aliphatic imine (C=N–C) groups is 1. The van der Waals surface area contributed by atoms with Crippen LogP contribution in [-0.2, 0) is 13.1 Å². The molecule has 1 saturated carbocycles. The van der Waals surface area contributed by atoms with Crippen molar-refractivity contribution in [3.8, 4) is 11.5 Å². The number of rotatable bonds is 7. The molecule has 7 heteroatoms. The Morgan fingerprint density at radius 1 is 1.11 bits per heavy atom. The zero-order valence-electron chi connectivity index (χ0n) is 15.9. The van der Waals surface area contributed by atoms with Gasteiger partial charge in [0.05, 0.1) is 13.2 Å². The number of hydrogen-bond acceptors (Lipinski definition) is 4. The molecule has 0 radical (unpaired) electrons. The smallest absolute Gasteiger partial charge is 0.191 e. The Morgan fingerprint density at radius 3 is 2.48 bits per heavy atom. The van der Waals surface area contributed by atoms with Crippen LogP contribution in [-0.4, -0.2) is 26.2 Å². The van der Waals surface area contributed by atoms with Crippen LogP contribution in [0.3, 0.4) is 0 Å². The highest BCUT2D eigenvalue weighted by Crippen LogP contribution is 2.32. The molecule has 0 unspecified atom stereocenters. The number of benzene rings is 1. The van der Waals surface area contributed by atoms with Crippen LogP contribution in [0.4, 0.5) is 0 Å². The van der Waals surface area contributed by atoms with Crippen LogP contribution in [0.2, 0.25) is 0 Å². The zero-order chi connectivity index (χ0) is 18.2. The van der Waals surface area contributed by atoms with Crippen molar-refractivity contribution >= 4 is 41.3 Å². The van der Waals surface area contributed by atoms with Gasteiger partial charge in [-0.05, 0) is 65.8 Å². The van der Waals surface area contributed by atoms with Crippen LogP contribution in [0.1, 0.15) is 36.8 Å². The highest BCUT2D eigenvalue weighted by Gasteiger charge is 2.18. The topological polar surface area (TPSA) is 54.9 Å². The van der Waals surface area contributed by atoms with Crippen LogP contribution in [0.5, 0.6) is 11.5 Å². The summed E-state index contributed by atoms with van der Waals surface area (Å²) < 4.78 is 11.6. The normalized spacial score (nSPS) is 14.5. The second-order valence-corrected chi connectivity index (χ2v) is 7.20. The largest absolute Gasteiger partial charge is 0.493 e. The summed E-state index contributed by atoms with van der Waals surface area (Å²) in [5.74, 6) is 2.40. The molecule has 1 aliphatic carbocycles. The number of halogens is 1. The van der Waals surface area contributed by atoms with Gasteiger partial charge in [-0.1, -0.05) is 6.07 Å². The molecule has 27 heavy (non-hydrogen) atoms. The van der Waals surface area contributed by atoms with Crippen molar-refractivity contribution in [2.24, 2.45) is 4.99 Å². The van der Waals surface area contributed by atoms with E-state index >= 15 is 0 Å². The van der Waals surface area contributed by atoms with Crippen LogP contribution < -0.4 is 20.1 Å². The number of guanidine groups is 1. The van der Waals surface area contributed by atoms with Crippen molar-refractivity contribution in [1.29, 1.82) is 0 Å². The van der Waals surface area contributed by atoms with E-state index < -0.39 is 0 Å². The highest BCUT2D eigenvalue weighted by molar-refractivity contribution is 14.0. The lowest BCUT2D eigenvalue weighted by Crippen LogP contribution is -2.36. The first-order valence-electron chi connectivity index (χ1n) is 9.07. The van der Waals surface area contributed by atoms with E-state index in [1.165, 1.54) is 18.4 Å². The first-order chi connectivity index (χ1) is 12.8. The first-order valence-corrected chi connectivity index (χ1v) is 10.0. The lowest BCUT2D eigenvalue weighted by molar-refractivity contribution is 0.200. The summed E-state index contributed by atoms with van der Waals surface area (Å²) in [4.78, 5) is 4.27. The van der Waals surface area contributed by atoms with E-state index in [1.807, 2.05) is 12.1 Å². The summed E-state index contributed by atoms with van der Waals surface area (Å²) in [5, 5.41) is 10.9. The Bertz CT molecular complexity index is 716. The summed E-state index contributed by atoms with van der Waals surface area (Å²) in [6.07, 6.45) is 5.11. The van der Waals surface area contributed by atoms with Crippen molar-refractivity contribution in [1.82, 2.24) is 10.6 Å². The fraction of sp³-hybridized carbons (Fsp3) is 0.450. The Morgan fingerprint density at radius 2 is 1.85 bits per heavy atom. The van der Waals surface area contributed by atoms with Crippen molar-refractivity contribution in [3.05, 3.63) is 46.2 Å². The van der Waals surface area contributed by atoms with Crippen molar-refractivity contribution in [2.75, 3.05) is 14.2 Å². The molecule has 2 N–H and O–H groups in total. The molecule has 1 aromatic heterocycles. The van der Waals surface area contributed by atoms with Gasteiger partial charge in [-0.2, -0.15) is 11.3 Å². The van der Waals surface area contributed by atoms with Gasteiger partial charge < -0.3 is 20.1 Å². The molecule has 5 nitrogen and oxygen atoms in total. The number of ether oxygens (including phenoxy) is 2. The molecule has 1 heterocycles. The van der Waals surface area contributed by atoms with E-state index in [0.717, 1.165) is 42.4 Å². The van der Waals surface area contributed by atoms with Crippen molar-refractivity contribution in [2.45, 2.75) is 44.9 Å². The average molecular weight is 501 g/mol. The molecule has 0 saturated heterocycles. The summed E-state index contributed by atoms with van der Waals surface area (Å²) >= 11 is 1.70. The Labute approximate surface area is 182 Å². The zero-order valence-corrected chi connectivity index (χ0v) is 19.0. The predicted octanol–water partition coefficient (Wildman–Crippen LogP) is 4.56. The Balaban J connectivity index is 0.00000261. The molecule has 1 fully saturated rings. The Hall–Kier alpha value is -1.48. The second kappa shape index (κ2) is 11.4. The third kappa shape index (κ3) is 6.57. The summed E-state index contributed by atoms with van der Waals surface area (Å²) in [6.45, 7) is 1.43. The molecule has 3 rings (SSSR count). The van der Waals surface area contributed by atoms with Gasteiger partial charge in [-0.25, -0.2) is 0 Å². The molecule has 0 atom stereocenters. The number of nitrogens with zero attached hydrogens (tertiary/aromatic N) is 1. The molecular formula is C20H28IN3O2S. The average Bonchev–Trinajstić information content (AvgIpc) is 3.36. The minimum absolute atomic E-state index is 0. The standard InChI is InChI=1S/C20H27N3O2S.HI/c1-21-20(23-13-16-9-10-26-14-16)22-12-15-7-8-18(19(11-15)24-2)25-17-5-3-4-6-17;/h7-11,14,17H,3-6,12-13H2,1-2H3,(H2,21,22,23);1H. The van der Waals surface area contributed by atoms with E-state index in [1.54, 1.807) is 25.5 Å². The van der Waals surface area contributed by atoms with E-state index in [-0.39, 0.29) is 24.0 Å². The van der Waals surface area contributed by atoms with Crippen molar-refractivity contribution < 1.29 is 9.47 Å². The molecule has 0 spiro atoms. The monoisotopic (exact) mass is 501 g/mol. The van der Waals surface area contributed by atoms with Gasteiger partial charge in [0, 0.05) is 20.1 Å². The lowest BCUT2D eigenvalue weighted by atomic mass is 10.2. The van der Waals surface area contributed by atoms with Crippen molar-refractivity contribution in [3.63, 3.8) is 0 Å². The second-order valence-electron chi connectivity index (χ2n) is 6.42. The molecular weight excluding hydrogens is 473 g/mol. The van der Waals surface area contributed by atoms with Gasteiger partial charge in [0.15, 0.2) is 17.5 Å². The number of nitrogens with one attached hydrogen (secondary N) is 2. The molecule has 0 aliphatic heterocycles. The third-order valence-corrected chi connectivity index (χ3v) is 5.28. The maximum Gasteiger partial charge on any atom is 0.191 e. The minimum Gasteiger partial charge on any atom is -0.493 e. The highest BCUT2D eigenvalue weighted by atomic mass is 127.